The molecule has 76 valence electrons. The topological polar surface area (TPSA) is 12.0 Å². The number of hydrogen-bond acceptors (Lipinski definition) is 1. The lowest BCUT2D eigenvalue weighted by molar-refractivity contribution is 0.547. The van der Waals surface area contributed by atoms with Gasteiger partial charge in [0, 0.05) is 5.54 Å². The Hall–Kier alpha value is -0.890. The fourth-order valence-electron chi connectivity index (χ4n) is 1.87. The summed E-state index contributed by atoms with van der Waals surface area (Å²) < 4.78 is 13.0. The van der Waals surface area contributed by atoms with Gasteiger partial charge in [0.2, 0.25) is 0 Å². The van der Waals surface area contributed by atoms with E-state index >= 15 is 0 Å². The van der Waals surface area contributed by atoms with Crippen molar-refractivity contribution in [2.45, 2.75) is 31.7 Å². The molecule has 0 amide bonds. The molecule has 0 spiro atoms. The summed E-state index contributed by atoms with van der Waals surface area (Å²) in [5, 5.41) is 3.34. The minimum Gasteiger partial charge on any atom is -0.314 e. The predicted molar refractivity (Wildman–Crippen MR) is 55.9 cm³/mol. The van der Waals surface area contributed by atoms with Crippen LogP contribution in [-0.2, 0) is 6.42 Å². The predicted octanol–water partition coefficient (Wildman–Crippen LogP) is 2.43. The lowest BCUT2D eigenvalue weighted by atomic mass is 10.0. The molecular formula is C12H16FN. The summed E-state index contributed by atoms with van der Waals surface area (Å²) in [5.41, 5.74) is 2.29. The van der Waals surface area contributed by atoms with Crippen LogP contribution < -0.4 is 5.32 Å². The van der Waals surface area contributed by atoms with E-state index in [4.69, 9.17) is 0 Å². The van der Waals surface area contributed by atoms with E-state index in [9.17, 15) is 4.39 Å². The highest BCUT2D eigenvalue weighted by atomic mass is 19.1. The first-order chi connectivity index (χ1) is 6.65. The van der Waals surface area contributed by atoms with Crippen LogP contribution in [0.3, 0.4) is 0 Å². The molecule has 1 aliphatic rings. The van der Waals surface area contributed by atoms with Crippen LogP contribution in [0.15, 0.2) is 18.2 Å². The summed E-state index contributed by atoms with van der Waals surface area (Å²) in [4.78, 5) is 0. The Morgan fingerprint density at radius 1 is 1.43 bits per heavy atom. The SMILES string of the molecule is CNC1(Cc2ccc(F)c(C)c2)CC1. The molecular weight excluding hydrogens is 177 g/mol. The standard InChI is InChI=1S/C12H16FN/c1-9-7-10(3-4-11(9)13)8-12(14-2)5-6-12/h3-4,7,14H,5-6,8H2,1-2H3. The molecule has 1 saturated carbocycles. The molecule has 0 aromatic heterocycles. The van der Waals surface area contributed by atoms with E-state index in [1.54, 1.807) is 6.07 Å². The molecule has 0 heterocycles. The highest BCUT2D eigenvalue weighted by Gasteiger charge is 2.40. The third-order valence-corrected chi connectivity index (χ3v) is 3.15. The van der Waals surface area contributed by atoms with Crippen molar-refractivity contribution >= 4 is 0 Å². The number of likely N-dealkylation sites (N-methyl/N-ethyl adjacent to an activating group) is 1. The molecule has 0 atom stereocenters. The van der Waals surface area contributed by atoms with Crippen molar-refractivity contribution in [3.05, 3.63) is 35.1 Å². The average Bonchev–Trinajstić information content (AvgIpc) is 2.93. The molecule has 2 rings (SSSR count). The van der Waals surface area contributed by atoms with Gasteiger partial charge < -0.3 is 5.32 Å². The third-order valence-electron chi connectivity index (χ3n) is 3.15. The van der Waals surface area contributed by atoms with Crippen LogP contribution in [0.5, 0.6) is 0 Å². The molecule has 2 heteroatoms. The van der Waals surface area contributed by atoms with Crippen LogP contribution in [0.1, 0.15) is 24.0 Å². The number of nitrogens with one attached hydrogen (secondary N) is 1. The van der Waals surface area contributed by atoms with Crippen LogP contribution in [0.4, 0.5) is 4.39 Å². The van der Waals surface area contributed by atoms with Crippen molar-refractivity contribution in [2.75, 3.05) is 7.05 Å². The Labute approximate surface area is 84.3 Å². The molecule has 1 aliphatic carbocycles. The summed E-state index contributed by atoms with van der Waals surface area (Å²) >= 11 is 0. The Kier molecular flexibility index (Phi) is 2.31. The zero-order valence-electron chi connectivity index (χ0n) is 8.73. The number of rotatable bonds is 3. The molecule has 1 N–H and O–H groups in total. The van der Waals surface area contributed by atoms with Gasteiger partial charge in [0.15, 0.2) is 0 Å². The fraction of sp³-hybridized carbons (Fsp3) is 0.500. The second-order valence-electron chi connectivity index (χ2n) is 4.29. The largest absolute Gasteiger partial charge is 0.314 e. The van der Waals surface area contributed by atoms with Crippen molar-refractivity contribution in [2.24, 2.45) is 0 Å². The summed E-state index contributed by atoms with van der Waals surface area (Å²) in [7, 11) is 2.00. The molecule has 1 aromatic rings. The molecule has 1 fully saturated rings. The van der Waals surface area contributed by atoms with Gasteiger partial charge in [0.05, 0.1) is 0 Å². The Morgan fingerprint density at radius 3 is 2.64 bits per heavy atom. The van der Waals surface area contributed by atoms with Crippen LogP contribution >= 0.6 is 0 Å². The first kappa shape index (κ1) is 9.66. The lowest BCUT2D eigenvalue weighted by Gasteiger charge is -2.14. The normalized spacial score (nSPS) is 18.2. The van der Waals surface area contributed by atoms with Gasteiger partial charge in [-0.1, -0.05) is 12.1 Å². The second kappa shape index (κ2) is 3.35. The highest BCUT2D eigenvalue weighted by Crippen LogP contribution is 2.38. The van der Waals surface area contributed by atoms with Crippen molar-refractivity contribution in [1.82, 2.24) is 5.32 Å². The molecule has 1 aromatic carbocycles. The van der Waals surface area contributed by atoms with Crippen molar-refractivity contribution in [3.8, 4) is 0 Å². The van der Waals surface area contributed by atoms with Gasteiger partial charge in [-0.3, -0.25) is 0 Å². The smallest absolute Gasteiger partial charge is 0.126 e. The number of hydrogen-bond donors (Lipinski definition) is 1. The molecule has 0 radical (unpaired) electrons. The monoisotopic (exact) mass is 193 g/mol. The Bertz CT molecular complexity index is 342. The van der Waals surface area contributed by atoms with Crippen molar-refractivity contribution in [1.29, 1.82) is 0 Å². The van der Waals surface area contributed by atoms with E-state index in [1.807, 2.05) is 26.1 Å². The quantitative estimate of drug-likeness (QED) is 0.777. The van der Waals surface area contributed by atoms with Crippen LogP contribution in [0, 0.1) is 12.7 Å². The van der Waals surface area contributed by atoms with E-state index < -0.39 is 0 Å². The number of benzene rings is 1. The first-order valence-corrected chi connectivity index (χ1v) is 5.09. The maximum Gasteiger partial charge on any atom is 0.126 e. The summed E-state index contributed by atoms with van der Waals surface area (Å²) in [6, 6.07) is 5.41. The van der Waals surface area contributed by atoms with Gasteiger partial charge in [-0.15, -0.1) is 0 Å². The van der Waals surface area contributed by atoms with E-state index in [1.165, 1.54) is 18.4 Å². The minimum atomic E-state index is -0.108. The van der Waals surface area contributed by atoms with E-state index in [-0.39, 0.29) is 5.82 Å². The highest BCUT2D eigenvalue weighted by molar-refractivity contribution is 5.27. The third kappa shape index (κ3) is 1.80. The lowest BCUT2D eigenvalue weighted by Crippen LogP contribution is -2.29. The van der Waals surface area contributed by atoms with Gasteiger partial charge >= 0.3 is 0 Å². The first-order valence-electron chi connectivity index (χ1n) is 5.09. The van der Waals surface area contributed by atoms with E-state index in [2.05, 4.69) is 5.32 Å². The molecule has 0 bridgehead atoms. The fourth-order valence-corrected chi connectivity index (χ4v) is 1.87. The van der Waals surface area contributed by atoms with Gasteiger partial charge in [0.1, 0.15) is 5.82 Å². The molecule has 0 aliphatic heterocycles. The summed E-state index contributed by atoms with van der Waals surface area (Å²) in [6.07, 6.45) is 3.49. The Balaban J connectivity index is 2.14. The molecule has 0 unspecified atom stereocenters. The Morgan fingerprint density at radius 2 is 2.14 bits per heavy atom. The van der Waals surface area contributed by atoms with Crippen LogP contribution in [0.2, 0.25) is 0 Å². The second-order valence-corrected chi connectivity index (χ2v) is 4.29. The number of aryl methyl sites for hydroxylation is 1. The average molecular weight is 193 g/mol. The van der Waals surface area contributed by atoms with E-state index in [0.717, 1.165) is 12.0 Å². The minimum absolute atomic E-state index is 0.108. The van der Waals surface area contributed by atoms with E-state index in [0.29, 0.717) is 5.54 Å². The van der Waals surface area contributed by atoms with Gasteiger partial charge in [-0.25, -0.2) is 4.39 Å². The molecule has 0 saturated heterocycles. The van der Waals surface area contributed by atoms with Crippen molar-refractivity contribution in [3.63, 3.8) is 0 Å². The molecule has 1 nitrogen and oxygen atoms in total. The van der Waals surface area contributed by atoms with Gasteiger partial charge in [-0.2, -0.15) is 0 Å². The van der Waals surface area contributed by atoms with Crippen LogP contribution in [-0.4, -0.2) is 12.6 Å². The van der Waals surface area contributed by atoms with Gasteiger partial charge in [0.25, 0.3) is 0 Å². The zero-order chi connectivity index (χ0) is 10.2. The summed E-state index contributed by atoms with van der Waals surface area (Å²) in [5.74, 6) is -0.108. The molecule has 14 heavy (non-hydrogen) atoms. The van der Waals surface area contributed by atoms with Crippen molar-refractivity contribution < 1.29 is 4.39 Å². The zero-order valence-corrected chi connectivity index (χ0v) is 8.73. The summed E-state index contributed by atoms with van der Waals surface area (Å²) in [6.45, 7) is 1.82. The van der Waals surface area contributed by atoms with Crippen LogP contribution in [0.25, 0.3) is 0 Å². The number of halogens is 1. The maximum absolute atomic E-state index is 13.0. The van der Waals surface area contributed by atoms with Gasteiger partial charge in [-0.05, 0) is 50.4 Å². The maximum atomic E-state index is 13.0.